The third-order valence-corrected chi connectivity index (χ3v) is 4.64. The monoisotopic (exact) mass is 425 g/mol. The Labute approximate surface area is 161 Å². The van der Waals surface area contributed by atoms with Crippen molar-refractivity contribution in [2.75, 3.05) is 11.9 Å². The van der Waals surface area contributed by atoms with Crippen molar-refractivity contribution in [1.29, 1.82) is 0 Å². The van der Waals surface area contributed by atoms with Gasteiger partial charge in [0.2, 0.25) is 5.91 Å². The van der Waals surface area contributed by atoms with Crippen LogP contribution in [0.25, 0.3) is 0 Å². The summed E-state index contributed by atoms with van der Waals surface area (Å²) in [6.07, 6.45) is -4.66. The summed E-state index contributed by atoms with van der Waals surface area (Å²) in [5.41, 5.74) is -0.347. The fourth-order valence-electron chi connectivity index (χ4n) is 2.91. The van der Waals surface area contributed by atoms with Gasteiger partial charge in [-0.1, -0.05) is 0 Å². The first kappa shape index (κ1) is 22.5. The van der Waals surface area contributed by atoms with Crippen LogP contribution in [0.1, 0.15) is 20.3 Å². The lowest BCUT2D eigenvalue weighted by Gasteiger charge is -2.25. The van der Waals surface area contributed by atoms with Crippen molar-refractivity contribution in [3.63, 3.8) is 0 Å². The molecule has 12 heteroatoms. The van der Waals surface area contributed by atoms with Crippen LogP contribution < -0.4 is 10.6 Å². The van der Waals surface area contributed by atoms with E-state index < -0.39 is 59.4 Å². The van der Waals surface area contributed by atoms with Gasteiger partial charge < -0.3 is 15.5 Å². The first-order valence-corrected chi connectivity index (χ1v) is 8.46. The Morgan fingerprint density at radius 2 is 1.69 bits per heavy atom. The topological polar surface area (TPSA) is 78.5 Å². The summed E-state index contributed by atoms with van der Waals surface area (Å²) in [6, 6.07) is -1.96. The van der Waals surface area contributed by atoms with Crippen LogP contribution in [0.15, 0.2) is 12.1 Å². The van der Waals surface area contributed by atoms with Gasteiger partial charge in [0, 0.05) is 30.4 Å². The number of hydrogen-bond donors (Lipinski definition) is 2. The third kappa shape index (κ3) is 4.98. The van der Waals surface area contributed by atoms with Crippen molar-refractivity contribution in [1.82, 2.24) is 10.2 Å². The molecule has 0 aromatic heterocycles. The van der Waals surface area contributed by atoms with Crippen LogP contribution in [0.3, 0.4) is 0 Å². The number of amides is 3. The largest absolute Gasteiger partial charge is 0.408 e. The second-order valence-electron chi connectivity index (χ2n) is 6.61. The molecular weight excluding hydrogens is 408 g/mol. The number of halogens is 6. The molecule has 3 atom stereocenters. The number of anilines is 1. The molecule has 1 heterocycles. The summed E-state index contributed by atoms with van der Waals surface area (Å²) in [6.45, 7) is 2.00. The van der Waals surface area contributed by atoms with Gasteiger partial charge in [-0.25, -0.2) is 13.2 Å². The standard InChI is InChI=1S/C17H17F6N3O3/c1-7-10(14(27)25-9-5-11(18)13(20)12(19)6-9)3-4-26(7)16(29)15(28)24-8(2)17(21,22)23/h5-8,10H,3-4H2,1-2H3,(H,24,28)(H,25,27)/t7-,8+,10-/m0/s1. The molecule has 1 aromatic rings. The van der Waals surface area contributed by atoms with Crippen molar-refractivity contribution in [2.45, 2.75) is 38.5 Å². The molecule has 0 radical (unpaired) electrons. The molecule has 0 saturated carbocycles. The van der Waals surface area contributed by atoms with Crippen LogP contribution in [0.2, 0.25) is 0 Å². The minimum Gasteiger partial charge on any atom is -0.336 e. The molecule has 1 aliphatic rings. The fourth-order valence-corrected chi connectivity index (χ4v) is 2.91. The molecule has 160 valence electrons. The number of carbonyl (C=O) groups excluding carboxylic acids is 3. The van der Waals surface area contributed by atoms with Crippen LogP contribution in [-0.4, -0.2) is 47.4 Å². The highest BCUT2D eigenvalue weighted by molar-refractivity contribution is 6.35. The Balaban J connectivity index is 2.03. The van der Waals surface area contributed by atoms with Crippen LogP contribution in [0, 0.1) is 23.4 Å². The predicted octanol–water partition coefficient (Wildman–Crippen LogP) is 2.35. The Morgan fingerprint density at radius 1 is 1.14 bits per heavy atom. The van der Waals surface area contributed by atoms with Gasteiger partial charge in [-0.05, 0) is 20.3 Å². The van der Waals surface area contributed by atoms with Gasteiger partial charge >= 0.3 is 18.0 Å². The minimum absolute atomic E-state index is 0.0625. The molecule has 0 bridgehead atoms. The van der Waals surface area contributed by atoms with E-state index in [4.69, 9.17) is 0 Å². The SMILES string of the molecule is C[C@H]1[C@@H](C(=O)Nc2cc(F)c(F)c(F)c2)CCN1C(=O)C(=O)N[C@H](C)C(F)(F)F. The molecule has 6 nitrogen and oxygen atoms in total. The van der Waals surface area contributed by atoms with E-state index in [1.165, 1.54) is 6.92 Å². The van der Waals surface area contributed by atoms with E-state index in [1.807, 2.05) is 0 Å². The number of rotatable bonds is 3. The van der Waals surface area contributed by atoms with Gasteiger partial charge in [-0.3, -0.25) is 14.4 Å². The second-order valence-corrected chi connectivity index (χ2v) is 6.61. The van der Waals surface area contributed by atoms with Crippen LogP contribution in [0.4, 0.5) is 32.0 Å². The fraction of sp³-hybridized carbons (Fsp3) is 0.471. The highest BCUT2D eigenvalue weighted by atomic mass is 19.4. The van der Waals surface area contributed by atoms with E-state index in [0.29, 0.717) is 19.1 Å². The lowest BCUT2D eigenvalue weighted by Crippen LogP contribution is -2.51. The number of alkyl halides is 3. The average Bonchev–Trinajstić information content (AvgIpc) is 2.99. The summed E-state index contributed by atoms with van der Waals surface area (Å²) in [4.78, 5) is 37.2. The van der Waals surface area contributed by atoms with Crippen molar-refractivity contribution in [3.05, 3.63) is 29.6 Å². The number of hydrogen-bond acceptors (Lipinski definition) is 3. The van der Waals surface area contributed by atoms with E-state index in [9.17, 15) is 40.7 Å². The van der Waals surface area contributed by atoms with E-state index in [1.54, 1.807) is 5.32 Å². The van der Waals surface area contributed by atoms with E-state index in [-0.39, 0.29) is 18.7 Å². The van der Waals surface area contributed by atoms with Gasteiger partial charge in [0.25, 0.3) is 0 Å². The molecule has 0 unspecified atom stereocenters. The lowest BCUT2D eigenvalue weighted by molar-refractivity contribution is -0.162. The minimum atomic E-state index is -4.73. The molecule has 0 spiro atoms. The molecule has 3 amide bonds. The van der Waals surface area contributed by atoms with Crippen molar-refractivity contribution >= 4 is 23.4 Å². The summed E-state index contributed by atoms with van der Waals surface area (Å²) in [5.74, 6) is -9.06. The molecule has 0 aliphatic carbocycles. The molecule has 1 saturated heterocycles. The maximum Gasteiger partial charge on any atom is 0.408 e. The van der Waals surface area contributed by atoms with Crippen molar-refractivity contribution < 1.29 is 40.7 Å². The molecule has 1 fully saturated rings. The van der Waals surface area contributed by atoms with Crippen LogP contribution in [-0.2, 0) is 14.4 Å². The first-order valence-electron chi connectivity index (χ1n) is 8.46. The predicted molar refractivity (Wildman–Crippen MR) is 87.9 cm³/mol. The van der Waals surface area contributed by atoms with Gasteiger partial charge in [-0.2, -0.15) is 13.2 Å². The Bertz CT molecular complexity index is 806. The third-order valence-electron chi connectivity index (χ3n) is 4.64. The van der Waals surface area contributed by atoms with Crippen molar-refractivity contribution in [2.24, 2.45) is 5.92 Å². The summed E-state index contributed by atoms with van der Waals surface area (Å²) < 4.78 is 77.0. The average molecular weight is 425 g/mol. The quantitative estimate of drug-likeness (QED) is 0.444. The molecule has 2 rings (SSSR count). The van der Waals surface area contributed by atoms with Crippen molar-refractivity contribution in [3.8, 4) is 0 Å². The van der Waals surface area contributed by atoms with E-state index in [2.05, 4.69) is 5.32 Å². The smallest absolute Gasteiger partial charge is 0.336 e. The summed E-state index contributed by atoms with van der Waals surface area (Å²) in [7, 11) is 0. The molecular formula is C17H17F6N3O3. The van der Waals surface area contributed by atoms with Gasteiger partial charge in [0.15, 0.2) is 17.5 Å². The molecule has 2 N–H and O–H groups in total. The van der Waals surface area contributed by atoms with Gasteiger partial charge in [0.05, 0.1) is 5.92 Å². The number of nitrogens with one attached hydrogen (secondary N) is 2. The Kier molecular flexibility index (Phi) is 6.43. The number of likely N-dealkylation sites (tertiary alicyclic amines) is 1. The summed E-state index contributed by atoms with van der Waals surface area (Å²) in [5, 5.41) is 3.74. The zero-order valence-electron chi connectivity index (χ0n) is 15.2. The molecule has 1 aliphatic heterocycles. The first-order chi connectivity index (χ1) is 13.3. The highest BCUT2D eigenvalue weighted by Crippen LogP contribution is 2.27. The Hall–Kier alpha value is -2.79. The number of nitrogens with zero attached hydrogens (tertiary/aromatic N) is 1. The van der Waals surface area contributed by atoms with E-state index >= 15 is 0 Å². The lowest BCUT2D eigenvalue weighted by atomic mass is 10.0. The molecule has 1 aromatic carbocycles. The van der Waals surface area contributed by atoms with Gasteiger partial charge in [0.1, 0.15) is 6.04 Å². The summed E-state index contributed by atoms with van der Waals surface area (Å²) >= 11 is 0. The zero-order valence-corrected chi connectivity index (χ0v) is 15.2. The Morgan fingerprint density at radius 3 is 2.21 bits per heavy atom. The van der Waals surface area contributed by atoms with Crippen LogP contribution >= 0.6 is 0 Å². The van der Waals surface area contributed by atoms with Gasteiger partial charge in [-0.15, -0.1) is 0 Å². The second kappa shape index (κ2) is 8.29. The normalized spacial score (nSPS) is 20.3. The van der Waals surface area contributed by atoms with Crippen LogP contribution in [0.5, 0.6) is 0 Å². The maximum atomic E-state index is 13.2. The highest BCUT2D eigenvalue weighted by Gasteiger charge is 2.42. The maximum absolute atomic E-state index is 13.2. The zero-order chi connectivity index (χ0) is 22.1. The number of benzene rings is 1. The number of carbonyl (C=O) groups is 3. The molecule has 29 heavy (non-hydrogen) atoms. The van der Waals surface area contributed by atoms with E-state index in [0.717, 1.165) is 4.90 Å².